The molecule has 9 heteroatoms. The van der Waals surface area contributed by atoms with Crippen molar-refractivity contribution in [1.29, 1.82) is 0 Å². The smallest absolute Gasteiger partial charge is 0.387 e. The first-order valence-corrected chi connectivity index (χ1v) is 10.4. The van der Waals surface area contributed by atoms with Gasteiger partial charge >= 0.3 is 6.61 Å². The van der Waals surface area contributed by atoms with Crippen LogP contribution in [-0.4, -0.2) is 31.2 Å². The number of ether oxygens (including phenoxy) is 1. The van der Waals surface area contributed by atoms with Crippen molar-refractivity contribution in [1.82, 2.24) is 5.32 Å². The molecule has 0 spiro atoms. The summed E-state index contributed by atoms with van der Waals surface area (Å²) in [6.07, 6.45) is 1.33. The number of carbonyl (C=O) groups is 2. The summed E-state index contributed by atoms with van der Waals surface area (Å²) in [6.45, 7) is -1.41. The Morgan fingerprint density at radius 1 is 0.971 bits per heavy atom. The Morgan fingerprint density at radius 2 is 1.65 bits per heavy atom. The Balaban J connectivity index is 1.52. The van der Waals surface area contributed by atoms with Gasteiger partial charge in [0.25, 0.3) is 11.8 Å². The average Bonchev–Trinajstić information content (AvgIpc) is 2.83. The van der Waals surface area contributed by atoms with E-state index in [9.17, 15) is 18.4 Å². The van der Waals surface area contributed by atoms with E-state index in [0.717, 1.165) is 5.56 Å². The van der Waals surface area contributed by atoms with Crippen LogP contribution in [0.5, 0.6) is 5.75 Å². The Hall–Kier alpha value is -4.27. The second-order valence-electron chi connectivity index (χ2n) is 7.16. The zero-order chi connectivity index (χ0) is 24.3. The molecule has 0 bridgehead atoms. The van der Waals surface area contributed by atoms with E-state index < -0.39 is 12.5 Å². The number of nitrogens with zero attached hydrogens (tertiary/aromatic N) is 1. The number of oxime groups is 1. The van der Waals surface area contributed by atoms with Crippen LogP contribution in [0, 0.1) is 0 Å². The lowest BCUT2D eigenvalue weighted by Gasteiger charge is -2.16. The molecule has 3 aromatic rings. The molecule has 0 aliphatic rings. The van der Waals surface area contributed by atoms with E-state index in [1.165, 1.54) is 30.5 Å². The second-order valence-corrected chi connectivity index (χ2v) is 7.16. The van der Waals surface area contributed by atoms with Gasteiger partial charge in [0.05, 0.1) is 23.5 Å². The molecule has 0 saturated heterocycles. The SMILES string of the molecule is CC(NC(=O)c1ccccc1NC(=O)CO/N=C/c1ccc(OC(F)F)cc1)c1ccccc1. The van der Waals surface area contributed by atoms with Crippen molar-refractivity contribution >= 4 is 23.7 Å². The van der Waals surface area contributed by atoms with Gasteiger partial charge in [-0.25, -0.2) is 0 Å². The minimum atomic E-state index is -2.90. The summed E-state index contributed by atoms with van der Waals surface area (Å²) < 4.78 is 28.6. The molecule has 2 N–H and O–H groups in total. The van der Waals surface area contributed by atoms with Gasteiger partial charge < -0.3 is 20.2 Å². The highest BCUT2D eigenvalue weighted by atomic mass is 19.3. The Labute approximate surface area is 195 Å². The molecular formula is C25H23F2N3O4. The first kappa shape index (κ1) is 24.4. The van der Waals surface area contributed by atoms with Crippen LogP contribution in [0.2, 0.25) is 0 Å². The standard InChI is InChI=1S/C25H23F2N3O4/c1-17(19-7-3-2-4-8-19)29-24(32)21-9-5-6-10-22(21)30-23(31)16-33-28-15-18-11-13-20(14-12-18)34-25(26)27/h2-15,17,25H,16H2,1H3,(H,29,32)(H,30,31)/b28-15+. The Morgan fingerprint density at radius 3 is 2.35 bits per heavy atom. The van der Waals surface area contributed by atoms with E-state index in [4.69, 9.17) is 4.84 Å². The highest BCUT2D eigenvalue weighted by Crippen LogP contribution is 2.18. The van der Waals surface area contributed by atoms with E-state index in [1.807, 2.05) is 37.3 Å². The van der Waals surface area contributed by atoms with Crippen LogP contribution in [0.1, 0.15) is 34.5 Å². The largest absolute Gasteiger partial charge is 0.435 e. The summed E-state index contributed by atoms with van der Waals surface area (Å²) in [4.78, 5) is 30.0. The molecule has 0 aromatic heterocycles. The molecule has 0 saturated carbocycles. The summed E-state index contributed by atoms with van der Waals surface area (Å²) in [7, 11) is 0. The van der Waals surface area contributed by atoms with Crippen LogP contribution in [0.15, 0.2) is 84.0 Å². The third kappa shape index (κ3) is 7.40. The van der Waals surface area contributed by atoms with Gasteiger partial charge in [-0.15, -0.1) is 0 Å². The number of hydrogen-bond acceptors (Lipinski definition) is 5. The number of anilines is 1. The minimum Gasteiger partial charge on any atom is -0.435 e. The first-order chi connectivity index (χ1) is 16.4. The lowest BCUT2D eigenvalue weighted by Crippen LogP contribution is -2.28. The Bertz CT molecular complexity index is 1120. The lowest BCUT2D eigenvalue weighted by molar-refractivity contribution is -0.120. The molecular weight excluding hydrogens is 444 g/mol. The fourth-order valence-corrected chi connectivity index (χ4v) is 3.01. The zero-order valence-corrected chi connectivity index (χ0v) is 18.3. The normalized spacial score (nSPS) is 11.8. The van der Waals surface area contributed by atoms with Gasteiger partial charge in [0.1, 0.15) is 5.75 Å². The molecule has 0 radical (unpaired) electrons. The van der Waals surface area contributed by atoms with Crippen LogP contribution in [0.25, 0.3) is 0 Å². The summed E-state index contributed by atoms with van der Waals surface area (Å²) in [6, 6.07) is 21.7. The predicted octanol–water partition coefficient (Wildman–Crippen LogP) is 4.77. The maximum atomic E-state index is 12.8. The van der Waals surface area contributed by atoms with Gasteiger partial charge in [-0.2, -0.15) is 8.78 Å². The predicted molar refractivity (Wildman–Crippen MR) is 124 cm³/mol. The van der Waals surface area contributed by atoms with Crippen molar-refractivity contribution in [2.45, 2.75) is 19.6 Å². The van der Waals surface area contributed by atoms with Crippen LogP contribution >= 0.6 is 0 Å². The maximum absolute atomic E-state index is 12.8. The third-order valence-corrected chi connectivity index (χ3v) is 4.67. The van der Waals surface area contributed by atoms with E-state index in [2.05, 4.69) is 20.5 Å². The molecule has 1 atom stereocenters. The topological polar surface area (TPSA) is 89.0 Å². The Kier molecular flexibility index (Phi) is 8.67. The number of rotatable bonds is 10. The number of amides is 2. The molecule has 0 fully saturated rings. The van der Waals surface area contributed by atoms with E-state index >= 15 is 0 Å². The van der Waals surface area contributed by atoms with Gasteiger partial charge in [-0.3, -0.25) is 9.59 Å². The molecule has 3 aromatic carbocycles. The van der Waals surface area contributed by atoms with Gasteiger partial charge in [-0.05, 0) is 54.4 Å². The molecule has 7 nitrogen and oxygen atoms in total. The zero-order valence-electron chi connectivity index (χ0n) is 18.3. The molecule has 3 rings (SSSR count). The first-order valence-electron chi connectivity index (χ1n) is 10.4. The van der Waals surface area contributed by atoms with Crippen molar-refractivity contribution in [3.05, 3.63) is 95.6 Å². The number of nitrogens with one attached hydrogen (secondary N) is 2. The average molecular weight is 467 g/mol. The number of para-hydroxylation sites is 1. The van der Waals surface area contributed by atoms with Gasteiger partial charge in [-0.1, -0.05) is 47.6 Å². The van der Waals surface area contributed by atoms with E-state index in [1.54, 1.807) is 24.3 Å². The van der Waals surface area contributed by atoms with E-state index in [0.29, 0.717) is 16.8 Å². The molecule has 0 heterocycles. The molecule has 2 amide bonds. The summed E-state index contributed by atoms with van der Waals surface area (Å²) in [5, 5.41) is 9.25. The number of halogens is 2. The van der Waals surface area contributed by atoms with Gasteiger partial charge in [0.15, 0.2) is 6.61 Å². The molecule has 34 heavy (non-hydrogen) atoms. The highest BCUT2D eigenvalue weighted by molar-refractivity contribution is 6.04. The maximum Gasteiger partial charge on any atom is 0.387 e. The number of carbonyl (C=O) groups excluding carboxylic acids is 2. The number of hydrogen-bond donors (Lipinski definition) is 2. The van der Waals surface area contributed by atoms with Crippen LogP contribution in [-0.2, 0) is 9.63 Å². The highest BCUT2D eigenvalue weighted by Gasteiger charge is 2.16. The molecule has 176 valence electrons. The quantitative estimate of drug-likeness (QED) is 0.332. The minimum absolute atomic E-state index is 0.0216. The molecule has 0 aliphatic heterocycles. The third-order valence-electron chi connectivity index (χ3n) is 4.67. The second kappa shape index (κ2) is 12.1. The fourth-order valence-electron chi connectivity index (χ4n) is 3.01. The van der Waals surface area contributed by atoms with Gasteiger partial charge in [0.2, 0.25) is 0 Å². The molecule has 1 unspecified atom stereocenters. The van der Waals surface area contributed by atoms with Crippen LogP contribution in [0.4, 0.5) is 14.5 Å². The summed E-state index contributed by atoms with van der Waals surface area (Å²) >= 11 is 0. The summed E-state index contributed by atoms with van der Waals surface area (Å²) in [5.41, 5.74) is 2.18. The number of alkyl halides is 2. The van der Waals surface area contributed by atoms with Crippen molar-refractivity contribution in [3.63, 3.8) is 0 Å². The van der Waals surface area contributed by atoms with Crippen molar-refractivity contribution in [3.8, 4) is 5.75 Å². The monoisotopic (exact) mass is 467 g/mol. The van der Waals surface area contributed by atoms with Crippen molar-refractivity contribution in [2.75, 3.05) is 11.9 Å². The lowest BCUT2D eigenvalue weighted by atomic mass is 10.1. The van der Waals surface area contributed by atoms with Gasteiger partial charge in [0, 0.05) is 0 Å². The number of benzene rings is 3. The summed E-state index contributed by atoms with van der Waals surface area (Å²) in [5.74, 6) is -0.812. The van der Waals surface area contributed by atoms with Crippen molar-refractivity contribution < 1.29 is 27.9 Å². The molecule has 0 aliphatic carbocycles. The fraction of sp³-hybridized carbons (Fsp3) is 0.160. The van der Waals surface area contributed by atoms with E-state index in [-0.39, 0.29) is 24.3 Å². The van der Waals surface area contributed by atoms with Crippen LogP contribution < -0.4 is 15.4 Å². The van der Waals surface area contributed by atoms with Crippen LogP contribution in [0.3, 0.4) is 0 Å². The van der Waals surface area contributed by atoms with Crippen molar-refractivity contribution in [2.24, 2.45) is 5.16 Å².